The first-order valence-electron chi connectivity index (χ1n) is 11.8. The molecule has 0 saturated carbocycles. The number of anilines is 1. The van der Waals surface area contributed by atoms with E-state index >= 15 is 0 Å². The summed E-state index contributed by atoms with van der Waals surface area (Å²) in [5.41, 5.74) is 2.52. The molecule has 3 amide bonds. The van der Waals surface area contributed by atoms with Crippen LogP contribution >= 0.6 is 11.3 Å². The first-order chi connectivity index (χ1) is 18.5. The van der Waals surface area contributed by atoms with Crippen LogP contribution in [-0.2, 0) is 22.6 Å². The van der Waals surface area contributed by atoms with Gasteiger partial charge in [-0.05, 0) is 64.5 Å². The molecule has 5 rings (SSSR count). The molecule has 1 saturated heterocycles. The van der Waals surface area contributed by atoms with E-state index in [1.807, 2.05) is 5.38 Å². The third-order valence-corrected chi connectivity index (χ3v) is 6.92. The summed E-state index contributed by atoms with van der Waals surface area (Å²) in [6.45, 7) is 0.232. The van der Waals surface area contributed by atoms with Gasteiger partial charge in [-0.25, -0.2) is 9.18 Å². The summed E-state index contributed by atoms with van der Waals surface area (Å²) in [4.78, 5) is 44.6. The number of amides is 3. The molecule has 10 heteroatoms. The Labute approximate surface area is 222 Å². The Hall–Kier alpha value is -4.57. The van der Waals surface area contributed by atoms with Crippen LogP contribution < -0.4 is 10.6 Å². The molecule has 1 aliphatic rings. The molecule has 2 aromatic carbocycles. The lowest BCUT2D eigenvalue weighted by molar-refractivity contribution is -0.126. The number of benzene rings is 2. The van der Waals surface area contributed by atoms with Crippen LogP contribution in [-0.4, -0.2) is 33.8 Å². The molecule has 1 fully saturated rings. The summed E-state index contributed by atoms with van der Waals surface area (Å²) in [6.07, 6.45) is 1.66. The number of rotatable bonds is 8. The van der Waals surface area contributed by atoms with Gasteiger partial charge in [0.25, 0.3) is 5.91 Å². The highest BCUT2D eigenvalue weighted by molar-refractivity contribution is 7.12. The molecule has 2 atom stereocenters. The Morgan fingerprint density at radius 2 is 1.79 bits per heavy atom. The average molecular weight is 531 g/mol. The molecule has 0 spiro atoms. The zero-order valence-corrected chi connectivity index (χ0v) is 20.9. The van der Waals surface area contributed by atoms with Gasteiger partial charge in [-0.2, -0.15) is 0 Å². The predicted octanol–water partition coefficient (Wildman–Crippen LogP) is 4.91. The summed E-state index contributed by atoms with van der Waals surface area (Å²) < 4.78 is 19.5. The zero-order chi connectivity index (χ0) is 26.5. The van der Waals surface area contributed by atoms with Crippen molar-refractivity contribution in [3.05, 3.63) is 118 Å². The number of carbonyl (C=O) groups is 3. The van der Waals surface area contributed by atoms with E-state index in [0.717, 1.165) is 5.56 Å². The quantitative estimate of drug-likeness (QED) is 0.337. The SMILES string of the molecule is O=C(Nc1ccc(C2OC(=O)N(Cc3cccc(F)c3)C2C(=O)NCc2ccncc2)cc1)c1cccs1. The molecule has 0 bridgehead atoms. The maximum atomic E-state index is 13.8. The molecule has 2 unspecified atom stereocenters. The van der Waals surface area contributed by atoms with Crippen molar-refractivity contribution in [2.24, 2.45) is 0 Å². The Balaban J connectivity index is 1.37. The van der Waals surface area contributed by atoms with E-state index < -0.39 is 30.0 Å². The fraction of sp³-hybridized carbons (Fsp3) is 0.143. The second kappa shape index (κ2) is 11.2. The lowest BCUT2D eigenvalue weighted by Gasteiger charge is -2.24. The van der Waals surface area contributed by atoms with Crippen LogP contribution in [0.15, 0.2) is 90.6 Å². The summed E-state index contributed by atoms with van der Waals surface area (Å²) >= 11 is 1.34. The molecule has 0 radical (unpaired) electrons. The lowest BCUT2D eigenvalue weighted by Crippen LogP contribution is -2.46. The monoisotopic (exact) mass is 530 g/mol. The van der Waals surface area contributed by atoms with E-state index in [2.05, 4.69) is 15.6 Å². The molecule has 1 aliphatic heterocycles. The van der Waals surface area contributed by atoms with Crippen molar-refractivity contribution in [2.75, 3.05) is 5.32 Å². The van der Waals surface area contributed by atoms with Crippen LogP contribution in [0.2, 0.25) is 0 Å². The van der Waals surface area contributed by atoms with Gasteiger partial charge in [-0.1, -0.05) is 30.3 Å². The second-order valence-corrected chi connectivity index (χ2v) is 9.58. The van der Waals surface area contributed by atoms with E-state index in [1.54, 1.807) is 73.1 Å². The molecular weight excluding hydrogens is 507 g/mol. The number of cyclic esters (lactones) is 1. The van der Waals surface area contributed by atoms with Gasteiger partial charge in [-0.15, -0.1) is 11.3 Å². The number of aromatic nitrogens is 1. The van der Waals surface area contributed by atoms with Crippen LogP contribution in [0.4, 0.5) is 14.9 Å². The smallest absolute Gasteiger partial charge is 0.411 e. The second-order valence-electron chi connectivity index (χ2n) is 8.63. The number of pyridine rings is 1. The summed E-state index contributed by atoms with van der Waals surface area (Å²) in [7, 11) is 0. The van der Waals surface area contributed by atoms with E-state index in [0.29, 0.717) is 21.7 Å². The van der Waals surface area contributed by atoms with Gasteiger partial charge in [0.15, 0.2) is 12.1 Å². The van der Waals surface area contributed by atoms with Gasteiger partial charge in [0.05, 0.1) is 11.4 Å². The fourth-order valence-electron chi connectivity index (χ4n) is 4.19. The minimum absolute atomic E-state index is 0.00457. The third-order valence-electron chi connectivity index (χ3n) is 6.05. The third kappa shape index (κ3) is 5.70. The van der Waals surface area contributed by atoms with Crippen molar-refractivity contribution in [2.45, 2.75) is 25.2 Å². The summed E-state index contributed by atoms with van der Waals surface area (Å²) in [6, 6.07) is 18.7. The normalized spacial score (nSPS) is 16.7. The number of hydrogen-bond donors (Lipinski definition) is 2. The van der Waals surface area contributed by atoms with Gasteiger partial charge in [0.2, 0.25) is 5.91 Å². The van der Waals surface area contributed by atoms with Gasteiger partial charge in [0.1, 0.15) is 5.82 Å². The number of carbonyl (C=O) groups excluding carboxylic acids is 3. The zero-order valence-electron chi connectivity index (χ0n) is 20.0. The Morgan fingerprint density at radius 1 is 1.00 bits per heavy atom. The summed E-state index contributed by atoms with van der Waals surface area (Å²) in [5.74, 6) is -1.08. The van der Waals surface area contributed by atoms with E-state index in [9.17, 15) is 18.8 Å². The van der Waals surface area contributed by atoms with E-state index in [-0.39, 0.29) is 19.0 Å². The average Bonchev–Trinajstić information content (AvgIpc) is 3.57. The van der Waals surface area contributed by atoms with E-state index in [1.165, 1.54) is 28.4 Å². The number of thiophene rings is 1. The van der Waals surface area contributed by atoms with Crippen LogP contribution in [0.5, 0.6) is 0 Å². The lowest BCUT2D eigenvalue weighted by atomic mass is 10.00. The molecular formula is C28H23FN4O4S. The fourth-order valence-corrected chi connectivity index (χ4v) is 4.81. The largest absolute Gasteiger partial charge is 0.438 e. The maximum absolute atomic E-state index is 13.8. The maximum Gasteiger partial charge on any atom is 0.411 e. The van der Waals surface area contributed by atoms with Crippen molar-refractivity contribution in [3.63, 3.8) is 0 Å². The molecule has 3 heterocycles. The minimum atomic E-state index is -1.00. The molecule has 2 N–H and O–H groups in total. The highest BCUT2D eigenvalue weighted by atomic mass is 32.1. The van der Waals surface area contributed by atoms with Crippen molar-refractivity contribution in [3.8, 4) is 0 Å². The number of hydrogen-bond acceptors (Lipinski definition) is 6. The molecule has 8 nitrogen and oxygen atoms in total. The number of ether oxygens (including phenoxy) is 1. The highest BCUT2D eigenvalue weighted by Gasteiger charge is 2.47. The van der Waals surface area contributed by atoms with Crippen molar-refractivity contribution in [1.29, 1.82) is 0 Å². The van der Waals surface area contributed by atoms with E-state index in [4.69, 9.17) is 4.74 Å². The number of nitrogens with one attached hydrogen (secondary N) is 2. The number of nitrogens with zero attached hydrogens (tertiary/aromatic N) is 2. The van der Waals surface area contributed by atoms with Crippen LogP contribution in [0, 0.1) is 5.82 Å². The predicted molar refractivity (Wildman–Crippen MR) is 140 cm³/mol. The first-order valence-corrected chi connectivity index (χ1v) is 12.7. The topological polar surface area (TPSA) is 101 Å². The van der Waals surface area contributed by atoms with Crippen LogP contribution in [0.3, 0.4) is 0 Å². The highest BCUT2D eigenvalue weighted by Crippen LogP contribution is 2.34. The van der Waals surface area contributed by atoms with Crippen molar-refractivity contribution < 1.29 is 23.5 Å². The Morgan fingerprint density at radius 3 is 2.50 bits per heavy atom. The Bertz CT molecular complexity index is 1430. The van der Waals surface area contributed by atoms with Gasteiger partial charge < -0.3 is 15.4 Å². The Kier molecular flexibility index (Phi) is 7.41. The van der Waals surface area contributed by atoms with Crippen LogP contribution in [0.1, 0.15) is 32.5 Å². The minimum Gasteiger partial charge on any atom is -0.438 e. The van der Waals surface area contributed by atoms with Gasteiger partial charge >= 0.3 is 6.09 Å². The van der Waals surface area contributed by atoms with Gasteiger partial charge in [-0.3, -0.25) is 19.5 Å². The van der Waals surface area contributed by atoms with Crippen molar-refractivity contribution >= 4 is 34.9 Å². The molecule has 0 aliphatic carbocycles. The molecule has 192 valence electrons. The van der Waals surface area contributed by atoms with Crippen molar-refractivity contribution in [1.82, 2.24) is 15.2 Å². The summed E-state index contributed by atoms with van der Waals surface area (Å²) in [5, 5.41) is 7.52. The first kappa shape index (κ1) is 25.1. The van der Waals surface area contributed by atoms with Crippen LogP contribution in [0.25, 0.3) is 0 Å². The van der Waals surface area contributed by atoms with Gasteiger partial charge in [0, 0.05) is 24.6 Å². The molecule has 2 aromatic heterocycles. The molecule has 4 aromatic rings. The standard InChI is InChI=1S/C28H23FN4O4S/c29-21-4-1-3-19(15-21)17-33-24(27(35)31-16-18-10-12-30-13-11-18)25(37-28(33)36)20-6-8-22(9-7-20)32-26(34)23-5-2-14-38-23/h1-15,24-25H,16-17H2,(H,31,35)(H,32,34). The molecule has 38 heavy (non-hydrogen) atoms. The number of halogens is 1.